The van der Waals surface area contributed by atoms with E-state index in [2.05, 4.69) is 62.7 Å². The molecule has 2 aromatic heterocycles. The molecular weight excluding hydrogens is 320 g/mol. The van der Waals surface area contributed by atoms with Gasteiger partial charge in [0.1, 0.15) is 6.17 Å². The zero-order chi connectivity index (χ0) is 17.8. The van der Waals surface area contributed by atoms with Crippen molar-refractivity contribution in [1.29, 1.82) is 0 Å². The molecule has 0 unspecified atom stereocenters. The molecule has 2 aromatic carbocycles. The highest BCUT2D eigenvalue weighted by Gasteiger charge is 2.15. The summed E-state index contributed by atoms with van der Waals surface area (Å²) >= 11 is 0. The van der Waals surface area contributed by atoms with Crippen molar-refractivity contribution in [3.8, 4) is 22.5 Å². The van der Waals surface area contributed by atoms with Crippen LogP contribution in [0.1, 0.15) is 19.0 Å². The highest BCUT2D eigenvalue weighted by Crippen LogP contribution is 2.24. The van der Waals surface area contributed by atoms with Crippen LogP contribution in [0.3, 0.4) is 0 Å². The minimum Gasteiger partial charge on any atom is -0.315 e. The quantitative estimate of drug-likeness (QED) is 0.490. The predicted molar refractivity (Wildman–Crippen MR) is 104 cm³/mol. The number of aromatic nitrogens is 4. The van der Waals surface area contributed by atoms with Gasteiger partial charge in [-0.05, 0) is 12.8 Å². The summed E-state index contributed by atoms with van der Waals surface area (Å²) in [5.74, 6) is 0. The fourth-order valence-electron chi connectivity index (χ4n) is 3.15. The van der Waals surface area contributed by atoms with E-state index in [1.807, 2.05) is 49.1 Å². The van der Waals surface area contributed by atoms with E-state index in [-0.39, 0.29) is 6.17 Å². The van der Waals surface area contributed by atoms with E-state index in [1.165, 1.54) is 0 Å². The van der Waals surface area contributed by atoms with Gasteiger partial charge in [-0.1, -0.05) is 67.6 Å². The van der Waals surface area contributed by atoms with E-state index in [9.17, 15) is 0 Å². The van der Waals surface area contributed by atoms with E-state index < -0.39 is 0 Å². The largest absolute Gasteiger partial charge is 0.315 e. The third kappa shape index (κ3) is 3.31. The Morgan fingerprint density at radius 3 is 1.62 bits per heavy atom. The lowest BCUT2D eigenvalue weighted by Crippen LogP contribution is -2.15. The fourth-order valence-corrected chi connectivity index (χ4v) is 3.15. The van der Waals surface area contributed by atoms with Crippen LogP contribution in [-0.2, 0) is 0 Å². The zero-order valence-electron chi connectivity index (χ0n) is 14.6. The van der Waals surface area contributed by atoms with Crippen molar-refractivity contribution in [3.63, 3.8) is 0 Å². The second-order valence-corrected chi connectivity index (χ2v) is 6.27. The highest BCUT2D eigenvalue weighted by molar-refractivity contribution is 5.58. The van der Waals surface area contributed by atoms with E-state index in [0.717, 1.165) is 35.4 Å². The topological polar surface area (TPSA) is 35.6 Å². The van der Waals surface area contributed by atoms with Gasteiger partial charge in [0, 0.05) is 23.5 Å². The van der Waals surface area contributed by atoms with Crippen molar-refractivity contribution >= 4 is 0 Å². The standard InChI is InChI=1S/C22H21N4/c1-2-9-22(25-14-20(23-16-25)18-10-5-3-6-11-18)26-15-21(24-17-26)19-12-7-4-8-13-19/h3-8,10-17,22H,1-2,9H2. The summed E-state index contributed by atoms with van der Waals surface area (Å²) in [5, 5.41) is 0. The fraction of sp³-hybridized carbons (Fsp3) is 0.136. The number of hydrogen-bond donors (Lipinski definition) is 0. The maximum atomic E-state index is 4.59. The molecule has 0 aliphatic rings. The summed E-state index contributed by atoms with van der Waals surface area (Å²) in [7, 11) is 0. The number of imidazole rings is 2. The van der Waals surface area contributed by atoms with Gasteiger partial charge in [0.2, 0.25) is 0 Å². The van der Waals surface area contributed by atoms with Crippen LogP contribution >= 0.6 is 0 Å². The Balaban J connectivity index is 1.65. The summed E-state index contributed by atoms with van der Waals surface area (Å²) in [6.45, 7) is 4.04. The van der Waals surface area contributed by atoms with Crippen LogP contribution < -0.4 is 0 Å². The lowest BCUT2D eigenvalue weighted by atomic mass is 10.2. The Hall–Kier alpha value is -3.14. The first kappa shape index (κ1) is 16.3. The molecule has 0 fully saturated rings. The Morgan fingerprint density at radius 2 is 1.19 bits per heavy atom. The van der Waals surface area contributed by atoms with Crippen molar-refractivity contribution in [2.45, 2.75) is 19.0 Å². The average molecular weight is 341 g/mol. The van der Waals surface area contributed by atoms with Crippen LogP contribution in [0.5, 0.6) is 0 Å². The Kier molecular flexibility index (Phi) is 4.65. The highest BCUT2D eigenvalue weighted by atomic mass is 15.2. The molecule has 4 rings (SSSR count). The number of nitrogens with zero attached hydrogens (tertiary/aromatic N) is 4. The molecule has 129 valence electrons. The van der Waals surface area contributed by atoms with Crippen molar-refractivity contribution in [1.82, 2.24) is 19.1 Å². The lowest BCUT2D eigenvalue weighted by molar-refractivity contribution is 0.403. The van der Waals surface area contributed by atoms with E-state index >= 15 is 0 Å². The predicted octanol–water partition coefficient (Wildman–Crippen LogP) is 5.07. The van der Waals surface area contributed by atoms with Gasteiger partial charge in [0.25, 0.3) is 0 Å². The molecule has 4 heteroatoms. The van der Waals surface area contributed by atoms with E-state index in [4.69, 9.17) is 0 Å². The molecule has 0 aliphatic heterocycles. The Bertz CT molecular complexity index is 876. The van der Waals surface area contributed by atoms with Crippen LogP contribution in [0.25, 0.3) is 22.5 Å². The molecule has 2 heterocycles. The number of rotatable bonds is 6. The van der Waals surface area contributed by atoms with Crippen molar-refractivity contribution in [2.24, 2.45) is 0 Å². The first-order chi connectivity index (χ1) is 12.8. The summed E-state index contributed by atoms with van der Waals surface area (Å²) in [4.78, 5) is 9.18. The maximum absolute atomic E-state index is 4.59. The normalized spacial score (nSPS) is 11.2. The SMILES string of the molecule is [CH2]CCC(n1cnc(-c2ccccc2)c1)n1cnc(-c2ccccc2)c1. The molecule has 4 nitrogen and oxygen atoms in total. The summed E-state index contributed by atoms with van der Waals surface area (Å²) < 4.78 is 4.29. The van der Waals surface area contributed by atoms with Crippen molar-refractivity contribution < 1.29 is 0 Å². The molecule has 0 spiro atoms. The lowest BCUT2D eigenvalue weighted by Gasteiger charge is -2.19. The van der Waals surface area contributed by atoms with Crippen LogP contribution in [0.4, 0.5) is 0 Å². The zero-order valence-corrected chi connectivity index (χ0v) is 14.6. The summed E-state index contributed by atoms with van der Waals surface area (Å²) in [5.41, 5.74) is 4.19. The van der Waals surface area contributed by atoms with E-state index in [1.54, 1.807) is 0 Å². The van der Waals surface area contributed by atoms with Gasteiger partial charge in [0.05, 0.1) is 24.0 Å². The molecule has 0 atom stereocenters. The molecule has 0 saturated carbocycles. The van der Waals surface area contributed by atoms with Crippen LogP contribution in [0.15, 0.2) is 85.7 Å². The second kappa shape index (κ2) is 7.40. The minimum atomic E-state index is 0.113. The van der Waals surface area contributed by atoms with Crippen molar-refractivity contribution in [3.05, 3.63) is 92.6 Å². The van der Waals surface area contributed by atoms with Gasteiger partial charge in [-0.25, -0.2) is 9.97 Å². The van der Waals surface area contributed by atoms with Crippen LogP contribution in [-0.4, -0.2) is 19.1 Å². The molecule has 0 amide bonds. The molecule has 26 heavy (non-hydrogen) atoms. The number of hydrogen-bond acceptors (Lipinski definition) is 2. The molecular formula is C22H21N4. The number of benzene rings is 2. The van der Waals surface area contributed by atoms with Gasteiger partial charge in [0.15, 0.2) is 0 Å². The summed E-state index contributed by atoms with van der Waals surface area (Å²) in [6, 6.07) is 20.5. The molecule has 0 aliphatic carbocycles. The van der Waals surface area contributed by atoms with Crippen molar-refractivity contribution in [2.75, 3.05) is 0 Å². The third-order valence-corrected chi connectivity index (χ3v) is 4.49. The maximum Gasteiger partial charge on any atom is 0.112 e. The van der Waals surface area contributed by atoms with Gasteiger partial charge < -0.3 is 9.13 Å². The first-order valence-corrected chi connectivity index (χ1v) is 8.82. The van der Waals surface area contributed by atoms with Gasteiger partial charge in [-0.2, -0.15) is 0 Å². The molecule has 0 saturated heterocycles. The Labute approximate surface area is 153 Å². The molecule has 0 bridgehead atoms. The average Bonchev–Trinajstić information content (AvgIpc) is 3.38. The van der Waals surface area contributed by atoms with E-state index in [0.29, 0.717) is 0 Å². The third-order valence-electron chi connectivity index (χ3n) is 4.49. The molecule has 0 N–H and O–H groups in total. The van der Waals surface area contributed by atoms with Crippen LogP contribution in [0.2, 0.25) is 0 Å². The first-order valence-electron chi connectivity index (χ1n) is 8.82. The van der Waals surface area contributed by atoms with Gasteiger partial charge in [-0.3, -0.25) is 0 Å². The molecule has 1 radical (unpaired) electrons. The smallest absolute Gasteiger partial charge is 0.112 e. The molecule has 4 aromatic rings. The van der Waals surface area contributed by atoms with Gasteiger partial charge >= 0.3 is 0 Å². The monoisotopic (exact) mass is 341 g/mol. The van der Waals surface area contributed by atoms with Crippen LogP contribution in [0, 0.1) is 6.92 Å². The Morgan fingerprint density at radius 1 is 0.731 bits per heavy atom. The van der Waals surface area contributed by atoms with Gasteiger partial charge in [-0.15, -0.1) is 0 Å². The minimum absolute atomic E-state index is 0.113. The summed E-state index contributed by atoms with van der Waals surface area (Å²) in [6.07, 6.45) is 9.84. The second-order valence-electron chi connectivity index (χ2n) is 6.27.